The lowest BCUT2D eigenvalue weighted by Gasteiger charge is -2.18. The third-order valence-electron chi connectivity index (χ3n) is 3.49. The Bertz CT molecular complexity index is 340. The Labute approximate surface area is 95.0 Å². The fourth-order valence-electron chi connectivity index (χ4n) is 2.49. The average Bonchev–Trinajstić information content (AvgIpc) is 3.01. The highest BCUT2D eigenvalue weighted by atomic mass is 16.5. The lowest BCUT2D eigenvalue weighted by atomic mass is 10.0. The summed E-state index contributed by atoms with van der Waals surface area (Å²) >= 11 is 0. The van der Waals surface area contributed by atoms with Gasteiger partial charge in [-0.05, 0) is 25.8 Å². The first-order chi connectivity index (χ1) is 7.93. The van der Waals surface area contributed by atoms with E-state index in [2.05, 4.69) is 20.5 Å². The first kappa shape index (κ1) is 10.2. The zero-order chi connectivity index (χ0) is 10.8. The van der Waals surface area contributed by atoms with Gasteiger partial charge in [0.25, 0.3) is 0 Å². The molecule has 2 atom stereocenters. The van der Waals surface area contributed by atoms with E-state index in [0.717, 1.165) is 57.2 Å². The van der Waals surface area contributed by atoms with E-state index in [0.29, 0.717) is 11.8 Å². The van der Waals surface area contributed by atoms with E-state index in [1.807, 2.05) is 0 Å². The summed E-state index contributed by atoms with van der Waals surface area (Å²) in [5.74, 6) is 2.91. The van der Waals surface area contributed by atoms with Crippen molar-refractivity contribution >= 4 is 0 Å². The van der Waals surface area contributed by atoms with Crippen molar-refractivity contribution < 1.29 is 4.74 Å². The van der Waals surface area contributed by atoms with Crippen LogP contribution in [0, 0.1) is 0 Å². The third kappa shape index (κ3) is 1.97. The minimum Gasteiger partial charge on any atom is -0.381 e. The van der Waals surface area contributed by atoms with Crippen LogP contribution in [0.4, 0.5) is 0 Å². The van der Waals surface area contributed by atoms with Crippen LogP contribution in [0.5, 0.6) is 0 Å². The smallest absolute Gasteiger partial charge is 0.156 e. The van der Waals surface area contributed by atoms with Gasteiger partial charge in [-0.15, -0.1) is 0 Å². The quantitative estimate of drug-likeness (QED) is 0.776. The molecule has 0 radical (unpaired) electrons. The SMILES string of the molecule is C1COCC(c2n[nH]c(C3CCNC3)n2)C1. The Balaban J connectivity index is 1.71. The van der Waals surface area contributed by atoms with Crippen LogP contribution in [0.2, 0.25) is 0 Å². The van der Waals surface area contributed by atoms with Gasteiger partial charge in [-0.3, -0.25) is 5.10 Å². The number of aromatic nitrogens is 3. The molecule has 5 nitrogen and oxygen atoms in total. The van der Waals surface area contributed by atoms with Crippen LogP contribution in [0.3, 0.4) is 0 Å². The second kappa shape index (κ2) is 4.51. The van der Waals surface area contributed by atoms with Crippen molar-refractivity contribution in [3.8, 4) is 0 Å². The van der Waals surface area contributed by atoms with Crippen molar-refractivity contribution in [1.82, 2.24) is 20.5 Å². The minimum atomic E-state index is 0.396. The Kier molecular flexibility index (Phi) is 2.88. The second-order valence-corrected chi connectivity index (χ2v) is 4.68. The van der Waals surface area contributed by atoms with Crippen molar-refractivity contribution in [3.05, 3.63) is 11.6 Å². The molecule has 1 aromatic heterocycles. The van der Waals surface area contributed by atoms with Gasteiger partial charge < -0.3 is 10.1 Å². The molecule has 0 aliphatic carbocycles. The number of rotatable bonds is 2. The highest BCUT2D eigenvalue weighted by Gasteiger charge is 2.24. The summed E-state index contributed by atoms with van der Waals surface area (Å²) in [6, 6.07) is 0. The summed E-state index contributed by atoms with van der Waals surface area (Å²) in [6.45, 7) is 3.78. The van der Waals surface area contributed by atoms with Gasteiger partial charge in [-0.25, -0.2) is 4.98 Å². The van der Waals surface area contributed by atoms with Gasteiger partial charge in [-0.2, -0.15) is 5.10 Å². The fraction of sp³-hybridized carbons (Fsp3) is 0.818. The molecule has 88 valence electrons. The number of ether oxygens (including phenoxy) is 1. The molecule has 3 rings (SSSR count). The van der Waals surface area contributed by atoms with E-state index >= 15 is 0 Å². The first-order valence-corrected chi connectivity index (χ1v) is 6.14. The maximum absolute atomic E-state index is 5.47. The van der Waals surface area contributed by atoms with E-state index in [-0.39, 0.29) is 0 Å². The number of nitrogens with zero attached hydrogens (tertiary/aromatic N) is 2. The Morgan fingerprint density at radius 1 is 1.25 bits per heavy atom. The molecule has 2 saturated heterocycles. The largest absolute Gasteiger partial charge is 0.381 e. The fourth-order valence-corrected chi connectivity index (χ4v) is 2.49. The molecule has 2 N–H and O–H groups in total. The summed E-state index contributed by atoms with van der Waals surface area (Å²) in [6.07, 6.45) is 3.44. The highest BCUT2D eigenvalue weighted by Crippen LogP contribution is 2.25. The maximum atomic E-state index is 5.47. The topological polar surface area (TPSA) is 62.8 Å². The molecule has 3 heterocycles. The Morgan fingerprint density at radius 3 is 3.00 bits per heavy atom. The van der Waals surface area contributed by atoms with E-state index in [4.69, 9.17) is 4.74 Å². The van der Waals surface area contributed by atoms with Gasteiger partial charge in [0.05, 0.1) is 6.61 Å². The number of nitrogens with one attached hydrogen (secondary N) is 2. The molecule has 0 aromatic carbocycles. The van der Waals surface area contributed by atoms with Crippen molar-refractivity contribution in [1.29, 1.82) is 0 Å². The van der Waals surface area contributed by atoms with Crippen LogP contribution < -0.4 is 5.32 Å². The van der Waals surface area contributed by atoms with Gasteiger partial charge in [0.1, 0.15) is 5.82 Å². The van der Waals surface area contributed by atoms with E-state index in [1.54, 1.807) is 0 Å². The van der Waals surface area contributed by atoms with Crippen molar-refractivity contribution in [3.63, 3.8) is 0 Å². The van der Waals surface area contributed by atoms with Crippen LogP contribution in [-0.2, 0) is 4.74 Å². The Hall–Kier alpha value is -0.940. The number of H-pyrrole nitrogens is 1. The molecule has 2 unspecified atom stereocenters. The van der Waals surface area contributed by atoms with Gasteiger partial charge in [0.2, 0.25) is 0 Å². The molecule has 0 amide bonds. The van der Waals surface area contributed by atoms with Crippen LogP contribution in [0.1, 0.15) is 42.7 Å². The lowest BCUT2D eigenvalue weighted by Crippen LogP contribution is -2.16. The monoisotopic (exact) mass is 222 g/mol. The second-order valence-electron chi connectivity index (χ2n) is 4.68. The summed E-state index contributed by atoms with van der Waals surface area (Å²) < 4.78 is 5.47. The molecule has 16 heavy (non-hydrogen) atoms. The normalized spacial score (nSPS) is 30.8. The maximum Gasteiger partial charge on any atom is 0.156 e. The predicted octanol–water partition coefficient (Wildman–Crippen LogP) is 0.776. The standard InChI is InChI=1S/C11H18N4O/c1-2-9(7-16-5-1)11-13-10(14-15-11)8-3-4-12-6-8/h8-9,12H,1-7H2,(H,13,14,15). The predicted molar refractivity (Wildman–Crippen MR) is 59.4 cm³/mol. The molecule has 2 aliphatic rings. The van der Waals surface area contributed by atoms with Crippen LogP contribution in [0.25, 0.3) is 0 Å². The zero-order valence-electron chi connectivity index (χ0n) is 9.41. The Morgan fingerprint density at radius 2 is 2.25 bits per heavy atom. The summed E-state index contributed by atoms with van der Waals surface area (Å²) in [5, 5.41) is 10.8. The molecule has 1 aromatic rings. The van der Waals surface area contributed by atoms with Crippen molar-refractivity contribution in [2.75, 3.05) is 26.3 Å². The van der Waals surface area contributed by atoms with E-state index in [1.165, 1.54) is 0 Å². The van der Waals surface area contributed by atoms with Gasteiger partial charge in [-0.1, -0.05) is 0 Å². The molecule has 2 aliphatic heterocycles. The summed E-state index contributed by atoms with van der Waals surface area (Å²) in [7, 11) is 0. The zero-order valence-corrected chi connectivity index (χ0v) is 9.41. The first-order valence-electron chi connectivity index (χ1n) is 6.14. The molecule has 0 bridgehead atoms. The van der Waals surface area contributed by atoms with Crippen LogP contribution >= 0.6 is 0 Å². The highest BCUT2D eigenvalue weighted by molar-refractivity contribution is 5.05. The van der Waals surface area contributed by atoms with Gasteiger partial charge in [0, 0.05) is 25.0 Å². The van der Waals surface area contributed by atoms with Gasteiger partial charge in [0.15, 0.2) is 5.82 Å². The van der Waals surface area contributed by atoms with Crippen LogP contribution in [-0.4, -0.2) is 41.5 Å². The number of hydrogen-bond acceptors (Lipinski definition) is 4. The van der Waals surface area contributed by atoms with E-state index in [9.17, 15) is 0 Å². The average molecular weight is 222 g/mol. The molecule has 5 heteroatoms. The molecule has 2 fully saturated rings. The summed E-state index contributed by atoms with van der Waals surface area (Å²) in [4.78, 5) is 4.63. The van der Waals surface area contributed by atoms with Crippen LogP contribution in [0.15, 0.2) is 0 Å². The van der Waals surface area contributed by atoms with Gasteiger partial charge >= 0.3 is 0 Å². The molecule has 0 spiro atoms. The molecular weight excluding hydrogens is 204 g/mol. The minimum absolute atomic E-state index is 0.396. The number of hydrogen-bond donors (Lipinski definition) is 2. The van der Waals surface area contributed by atoms with Crippen molar-refractivity contribution in [2.24, 2.45) is 0 Å². The molecule has 0 saturated carbocycles. The molecular formula is C11H18N4O. The summed E-state index contributed by atoms with van der Waals surface area (Å²) in [5.41, 5.74) is 0. The lowest BCUT2D eigenvalue weighted by molar-refractivity contribution is 0.0781. The number of aromatic amines is 1. The van der Waals surface area contributed by atoms with E-state index < -0.39 is 0 Å². The third-order valence-corrected chi connectivity index (χ3v) is 3.49. The van der Waals surface area contributed by atoms with Crippen molar-refractivity contribution in [2.45, 2.75) is 31.1 Å².